The molecular weight excluding hydrogens is 289 g/mol. The molecule has 1 nitrogen and oxygen atoms in total. The number of benzene rings is 1. The molecule has 78 valence electrons. The van der Waals surface area contributed by atoms with Gasteiger partial charge in [-0.2, -0.15) is 0 Å². The normalized spacial score (nSPS) is 8.64. The summed E-state index contributed by atoms with van der Waals surface area (Å²) in [6.45, 7) is 0. The zero-order valence-corrected chi connectivity index (χ0v) is 10.4. The summed E-state index contributed by atoms with van der Waals surface area (Å²) in [5.41, 5.74) is 0. The smallest absolute Gasteiger partial charge is 0.136 e. The maximum atomic E-state index is 8.70. The molecule has 0 aliphatic heterocycles. The van der Waals surface area contributed by atoms with Crippen LogP contribution in [0.5, 0.6) is 5.75 Å². The molecular formula is C8H5Cl5O. The molecule has 1 aromatic carbocycles. The standard InChI is InChI=1S/C6H5ClO.C2Cl4/c7-5-1-3-6(8)4-2-5;3-1(4)2(5)6/h1-4,8H;. The van der Waals surface area contributed by atoms with Gasteiger partial charge in [0.1, 0.15) is 14.7 Å². The Hall–Kier alpha value is 0.210. The third-order valence-corrected chi connectivity index (χ3v) is 2.36. The highest BCUT2D eigenvalue weighted by atomic mass is 35.5. The second-order valence-electron chi connectivity index (χ2n) is 2.00. The first-order valence-corrected chi connectivity index (χ1v) is 5.13. The van der Waals surface area contributed by atoms with Gasteiger partial charge in [0.2, 0.25) is 0 Å². The molecule has 0 atom stereocenters. The molecule has 1 rings (SSSR count). The van der Waals surface area contributed by atoms with Crippen molar-refractivity contribution in [1.29, 1.82) is 0 Å². The minimum atomic E-state index is -0.0988. The van der Waals surface area contributed by atoms with E-state index in [9.17, 15) is 0 Å². The monoisotopic (exact) mass is 292 g/mol. The number of phenols is 1. The van der Waals surface area contributed by atoms with Gasteiger partial charge in [-0.15, -0.1) is 0 Å². The Morgan fingerprint density at radius 3 is 1.43 bits per heavy atom. The van der Waals surface area contributed by atoms with Gasteiger partial charge in [0, 0.05) is 5.02 Å². The van der Waals surface area contributed by atoms with Crippen LogP contribution in [0.25, 0.3) is 0 Å². The number of phenolic OH excluding ortho intramolecular Hbond substituents is 1. The van der Waals surface area contributed by atoms with Crippen LogP contribution >= 0.6 is 58.0 Å². The van der Waals surface area contributed by atoms with Crippen molar-refractivity contribution >= 4 is 58.0 Å². The van der Waals surface area contributed by atoms with E-state index in [-0.39, 0.29) is 14.7 Å². The fourth-order valence-electron chi connectivity index (χ4n) is 0.441. The van der Waals surface area contributed by atoms with Gasteiger partial charge in [-0.05, 0) is 24.3 Å². The second-order valence-corrected chi connectivity index (χ2v) is 4.33. The molecule has 0 heterocycles. The largest absolute Gasteiger partial charge is 0.508 e. The molecule has 0 bridgehead atoms. The molecule has 0 amide bonds. The van der Waals surface area contributed by atoms with Gasteiger partial charge in [0.15, 0.2) is 0 Å². The van der Waals surface area contributed by atoms with Gasteiger partial charge in [0.05, 0.1) is 0 Å². The van der Waals surface area contributed by atoms with E-state index in [1.165, 1.54) is 0 Å². The Balaban J connectivity index is 0.000000255. The molecule has 0 spiro atoms. The Kier molecular flexibility index (Phi) is 7.61. The summed E-state index contributed by atoms with van der Waals surface area (Å²) in [7, 11) is 0. The van der Waals surface area contributed by atoms with E-state index in [1.54, 1.807) is 24.3 Å². The van der Waals surface area contributed by atoms with Gasteiger partial charge < -0.3 is 5.11 Å². The summed E-state index contributed by atoms with van der Waals surface area (Å²) in [6, 6.07) is 6.36. The summed E-state index contributed by atoms with van der Waals surface area (Å²) >= 11 is 25.5. The lowest BCUT2D eigenvalue weighted by Gasteiger charge is -1.87. The molecule has 0 unspecified atom stereocenters. The lowest BCUT2D eigenvalue weighted by atomic mass is 10.3. The minimum Gasteiger partial charge on any atom is -0.508 e. The van der Waals surface area contributed by atoms with Crippen molar-refractivity contribution in [3.8, 4) is 5.75 Å². The molecule has 0 radical (unpaired) electrons. The molecule has 14 heavy (non-hydrogen) atoms. The molecule has 0 fully saturated rings. The maximum Gasteiger partial charge on any atom is 0.136 e. The first-order chi connectivity index (χ1) is 6.43. The van der Waals surface area contributed by atoms with Crippen LogP contribution in [-0.4, -0.2) is 5.11 Å². The Morgan fingerprint density at radius 2 is 1.21 bits per heavy atom. The number of aromatic hydroxyl groups is 1. The van der Waals surface area contributed by atoms with Crippen molar-refractivity contribution < 1.29 is 5.11 Å². The minimum absolute atomic E-state index is 0.0988. The molecule has 0 saturated carbocycles. The molecule has 1 aromatic rings. The first-order valence-electron chi connectivity index (χ1n) is 3.24. The third-order valence-electron chi connectivity index (χ3n) is 0.969. The van der Waals surface area contributed by atoms with Crippen LogP contribution in [0.3, 0.4) is 0 Å². The summed E-state index contributed by atoms with van der Waals surface area (Å²) in [6.07, 6.45) is 0. The van der Waals surface area contributed by atoms with Crippen molar-refractivity contribution in [3.63, 3.8) is 0 Å². The maximum absolute atomic E-state index is 8.70. The van der Waals surface area contributed by atoms with Gasteiger partial charge in [-0.25, -0.2) is 0 Å². The molecule has 0 aliphatic rings. The lowest BCUT2D eigenvalue weighted by molar-refractivity contribution is 0.475. The summed E-state index contributed by atoms with van der Waals surface area (Å²) < 4.78 is -0.198. The van der Waals surface area contributed by atoms with Crippen LogP contribution in [0.15, 0.2) is 33.2 Å². The third kappa shape index (κ3) is 7.60. The number of hydrogen-bond donors (Lipinski definition) is 1. The zero-order valence-electron chi connectivity index (χ0n) is 6.65. The predicted molar refractivity (Wildman–Crippen MR) is 63.6 cm³/mol. The lowest BCUT2D eigenvalue weighted by Crippen LogP contribution is -1.61. The van der Waals surface area contributed by atoms with Gasteiger partial charge in [0.25, 0.3) is 0 Å². The van der Waals surface area contributed by atoms with Crippen LogP contribution in [0.4, 0.5) is 0 Å². The highest BCUT2D eigenvalue weighted by Gasteiger charge is 1.88. The van der Waals surface area contributed by atoms with Crippen LogP contribution < -0.4 is 0 Å². The topological polar surface area (TPSA) is 20.2 Å². The highest BCUT2D eigenvalue weighted by molar-refractivity contribution is 6.67. The number of halogens is 5. The molecule has 6 heteroatoms. The average Bonchev–Trinajstić information content (AvgIpc) is 2.11. The highest BCUT2D eigenvalue weighted by Crippen LogP contribution is 2.20. The van der Waals surface area contributed by atoms with Crippen LogP contribution in [0, 0.1) is 0 Å². The van der Waals surface area contributed by atoms with E-state index < -0.39 is 0 Å². The first kappa shape index (κ1) is 14.2. The number of hydrogen-bond acceptors (Lipinski definition) is 1. The summed E-state index contributed by atoms with van der Waals surface area (Å²) in [5.74, 6) is 0.245. The molecule has 0 aromatic heterocycles. The summed E-state index contributed by atoms with van der Waals surface area (Å²) in [4.78, 5) is 0. The molecule has 1 N–H and O–H groups in total. The quantitative estimate of drug-likeness (QED) is 0.704. The van der Waals surface area contributed by atoms with Gasteiger partial charge >= 0.3 is 0 Å². The fraction of sp³-hybridized carbons (Fsp3) is 0. The van der Waals surface area contributed by atoms with Crippen molar-refractivity contribution in [1.82, 2.24) is 0 Å². The van der Waals surface area contributed by atoms with Gasteiger partial charge in [-0.1, -0.05) is 58.0 Å². The van der Waals surface area contributed by atoms with Crippen molar-refractivity contribution in [3.05, 3.63) is 38.3 Å². The van der Waals surface area contributed by atoms with E-state index in [2.05, 4.69) is 0 Å². The van der Waals surface area contributed by atoms with Crippen LogP contribution in [-0.2, 0) is 0 Å². The van der Waals surface area contributed by atoms with Crippen LogP contribution in [0.2, 0.25) is 5.02 Å². The Bertz CT molecular complexity index is 267. The average molecular weight is 294 g/mol. The summed E-state index contributed by atoms with van der Waals surface area (Å²) in [5, 5.41) is 9.34. The predicted octanol–water partition coefficient (Wildman–Crippen LogP) is 5.11. The van der Waals surface area contributed by atoms with Gasteiger partial charge in [-0.3, -0.25) is 0 Å². The molecule has 0 saturated heterocycles. The Morgan fingerprint density at radius 1 is 0.857 bits per heavy atom. The zero-order chi connectivity index (χ0) is 11.1. The van der Waals surface area contributed by atoms with Crippen LogP contribution in [0.1, 0.15) is 0 Å². The van der Waals surface area contributed by atoms with E-state index >= 15 is 0 Å². The van der Waals surface area contributed by atoms with E-state index in [0.717, 1.165) is 0 Å². The second kappa shape index (κ2) is 7.49. The van der Waals surface area contributed by atoms with Crippen molar-refractivity contribution in [2.45, 2.75) is 0 Å². The van der Waals surface area contributed by atoms with E-state index in [0.29, 0.717) is 5.02 Å². The van der Waals surface area contributed by atoms with E-state index in [1.807, 2.05) is 0 Å². The SMILES string of the molecule is ClC(Cl)=C(Cl)Cl.Oc1ccc(Cl)cc1. The van der Waals surface area contributed by atoms with E-state index in [4.69, 9.17) is 63.1 Å². The molecule has 0 aliphatic carbocycles. The Labute approximate surface area is 107 Å². The van der Waals surface area contributed by atoms with Crippen molar-refractivity contribution in [2.75, 3.05) is 0 Å². The fourth-order valence-corrected chi connectivity index (χ4v) is 0.567. The number of rotatable bonds is 0. The van der Waals surface area contributed by atoms with Crippen molar-refractivity contribution in [2.24, 2.45) is 0 Å².